The van der Waals surface area contributed by atoms with Crippen LogP contribution in [0.15, 0.2) is 16.0 Å². The first-order chi connectivity index (χ1) is 9.08. The quantitative estimate of drug-likeness (QED) is 0.851. The zero-order chi connectivity index (χ0) is 13.8. The molecule has 7 nitrogen and oxygen atoms in total. The van der Waals surface area contributed by atoms with Crippen molar-refractivity contribution in [3.63, 3.8) is 0 Å². The fraction of sp³-hybridized carbons (Fsp3) is 0.273. The molecule has 1 N–H and O–H groups in total. The number of esters is 1. The van der Waals surface area contributed by atoms with E-state index >= 15 is 0 Å². The van der Waals surface area contributed by atoms with E-state index in [1.54, 1.807) is 12.3 Å². The Morgan fingerprint density at radius 2 is 2.32 bits per heavy atom. The molecule has 1 amide bonds. The molecule has 0 saturated heterocycles. The Morgan fingerprint density at radius 1 is 1.53 bits per heavy atom. The number of thiazole rings is 1. The van der Waals surface area contributed by atoms with Gasteiger partial charge in [0, 0.05) is 11.4 Å². The van der Waals surface area contributed by atoms with Crippen LogP contribution in [0.1, 0.15) is 21.9 Å². The van der Waals surface area contributed by atoms with Crippen molar-refractivity contribution >= 4 is 28.3 Å². The molecule has 2 heterocycles. The molecule has 0 unspecified atom stereocenters. The third-order valence-corrected chi connectivity index (χ3v) is 2.98. The normalized spacial score (nSPS) is 10.2. The molecular weight excluding hydrogens is 270 g/mol. The van der Waals surface area contributed by atoms with Gasteiger partial charge in [0.1, 0.15) is 0 Å². The van der Waals surface area contributed by atoms with E-state index in [-0.39, 0.29) is 18.2 Å². The number of aromatic nitrogens is 2. The molecule has 19 heavy (non-hydrogen) atoms. The Bertz CT molecular complexity index is 605. The molecule has 2 rings (SSSR count). The summed E-state index contributed by atoms with van der Waals surface area (Å²) in [5.74, 6) is -0.698. The molecule has 100 valence electrons. The van der Waals surface area contributed by atoms with Gasteiger partial charge in [-0.1, -0.05) is 5.16 Å². The summed E-state index contributed by atoms with van der Waals surface area (Å²) >= 11 is 1.22. The lowest BCUT2D eigenvalue weighted by Gasteiger charge is -1.96. The average molecular weight is 281 g/mol. The zero-order valence-corrected chi connectivity index (χ0v) is 11.1. The molecule has 0 aromatic carbocycles. The lowest BCUT2D eigenvalue weighted by molar-refractivity contribution is -0.139. The molecule has 0 aliphatic heterocycles. The van der Waals surface area contributed by atoms with Crippen LogP contribution in [0.2, 0.25) is 0 Å². The maximum atomic E-state index is 11.7. The number of anilines is 1. The standard InChI is InChI=1S/C11H11N3O4S/c1-6-3-8(18-14-6)10(16)13-11-12-7(5-19-11)4-9(15)17-2/h3,5H,4H2,1-2H3,(H,12,13,16). The number of ether oxygens (including phenoxy) is 1. The molecule has 0 aliphatic rings. The maximum Gasteiger partial charge on any atom is 0.311 e. The van der Waals surface area contributed by atoms with Gasteiger partial charge in [0.05, 0.1) is 24.9 Å². The number of hydrogen-bond donors (Lipinski definition) is 1. The molecule has 2 aromatic heterocycles. The molecule has 8 heteroatoms. The summed E-state index contributed by atoms with van der Waals surface area (Å²) in [6, 6.07) is 1.53. The monoisotopic (exact) mass is 281 g/mol. The number of amides is 1. The van der Waals surface area contributed by atoms with E-state index in [0.717, 1.165) is 0 Å². The second-order valence-electron chi connectivity index (χ2n) is 3.68. The van der Waals surface area contributed by atoms with Crippen molar-refractivity contribution in [1.82, 2.24) is 10.1 Å². The lowest BCUT2D eigenvalue weighted by Crippen LogP contribution is -2.11. The lowest BCUT2D eigenvalue weighted by atomic mass is 10.3. The Kier molecular flexibility index (Phi) is 3.91. The van der Waals surface area contributed by atoms with Gasteiger partial charge in [-0.2, -0.15) is 0 Å². The summed E-state index contributed by atoms with van der Waals surface area (Å²) in [5.41, 5.74) is 1.16. The minimum atomic E-state index is -0.431. The first-order valence-electron chi connectivity index (χ1n) is 5.34. The SMILES string of the molecule is COC(=O)Cc1csc(NC(=O)c2cc(C)no2)n1. The summed E-state index contributed by atoms with van der Waals surface area (Å²) in [4.78, 5) is 26.9. The van der Waals surface area contributed by atoms with Crippen molar-refractivity contribution < 1.29 is 18.8 Å². The van der Waals surface area contributed by atoms with E-state index in [1.165, 1.54) is 24.5 Å². The van der Waals surface area contributed by atoms with Gasteiger partial charge in [-0.3, -0.25) is 14.9 Å². The molecule has 2 aromatic rings. The summed E-state index contributed by atoms with van der Waals surface area (Å²) in [6.07, 6.45) is 0.0737. The average Bonchev–Trinajstić information content (AvgIpc) is 2.98. The van der Waals surface area contributed by atoms with Crippen LogP contribution in [0.25, 0.3) is 0 Å². The highest BCUT2D eigenvalue weighted by molar-refractivity contribution is 7.14. The smallest absolute Gasteiger partial charge is 0.311 e. The van der Waals surface area contributed by atoms with Crippen LogP contribution < -0.4 is 5.32 Å². The van der Waals surface area contributed by atoms with Gasteiger partial charge < -0.3 is 9.26 Å². The van der Waals surface area contributed by atoms with Crippen LogP contribution in [0.4, 0.5) is 5.13 Å². The number of rotatable bonds is 4. The van der Waals surface area contributed by atoms with E-state index in [0.29, 0.717) is 16.5 Å². The van der Waals surface area contributed by atoms with Crippen LogP contribution in [-0.4, -0.2) is 29.1 Å². The molecular formula is C11H11N3O4S. The third-order valence-electron chi connectivity index (χ3n) is 2.18. The second-order valence-corrected chi connectivity index (χ2v) is 4.54. The van der Waals surface area contributed by atoms with Crippen molar-refractivity contribution in [1.29, 1.82) is 0 Å². The van der Waals surface area contributed by atoms with Crippen molar-refractivity contribution in [2.24, 2.45) is 0 Å². The molecule has 0 atom stereocenters. The fourth-order valence-corrected chi connectivity index (χ4v) is 2.00. The van der Waals surface area contributed by atoms with E-state index in [4.69, 9.17) is 4.52 Å². The number of hydrogen-bond acceptors (Lipinski definition) is 7. The molecule has 0 spiro atoms. The van der Waals surface area contributed by atoms with E-state index in [2.05, 4.69) is 20.2 Å². The summed E-state index contributed by atoms with van der Waals surface area (Å²) in [6.45, 7) is 1.72. The van der Waals surface area contributed by atoms with Crippen molar-refractivity contribution in [2.45, 2.75) is 13.3 Å². The van der Waals surface area contributed by atoms with Gasteiger partial charge in [0.2, 0.25) is 5.76 Å². The van der Waals surface area contributed by atoms with Gasteiger partial charge in [-0.05, 0) is 6.92 Å². The second kappa shape index (κ2) is 5.61. The fourth-order valence-electron chi connectivity index (χ4n) is 1.29. The van der Waals surface area contributed by atoms with E-state index in [9.17, 15) is 9.59 Å². The van der Waals surface area contributed by atoms with Crippen LogP contribution >= 0.6 is 11.3 Å². The number of nitrogens with zero attached hydrogens (tertiary/aromatic N) is 2. The van der Waals surface area contributed by atoms with Crippen LogP contribution in [0, 0.1) is 6.92 Å². The highest BCUT2D eigenvalue weighted by Crippen LogP contribution is 2.17. The Hall–Kier alpha value is -2.22. The van der Waals surface area contributed by atoms with Gasteiger partial charge in [0.25, 0.3) is 5.91 Å². The highest BCUT2D eigenvalue weighted by Gasteiger charge is 2.14. The number of carbonyl (C=O) groups is 2. The summed E-state index contributed by atoms with van der Waals surface area (Å²) < 4.78 is 9.36. The Balaban J connectivity index is 2.00. The molecule has 0 saturated carbocycles. The predicted molar refractivity (Wildman–Crippen MR) is 67.0 cm³/mol. The zero-order valence-electron chi connectivity index (χ0n) is 10.3. The number of carbonyl (C=O) groups excluding carboxylic acids is 2. The van der Waals surface area contributed by atoms with E-state index < -0.39 is 5.91 Å². The first kappa shape index (κ1) is 13.2. The third kappa shape index (κ3) is 3.38. The van der Waals surface area contributed by atoms with Gasteiger partial charge in [0.15, 0.2) is 5.13 Å². The van der Waals surface area contributed by atoms with Crippen LogP contribution in [-0.2, 0) is 16.0 Å². The maximum absolute atomic E-state index is 11.7. The first-order valence-corrected chi connectivity index (χ1v) is 6.22. The predicted octanol–water partition coefficient (Wildman–Crippen LogP) is 1.41. The van der Waals surface area contributed by atoms with E-state index in [1.807, 2.05) is 0 Å². The number of nitrogens with one attached hydrogen (secondary N) is 1. The highest BCUT2D eigenvalue weighted by atomic mass is 32.1. The molecule has 0 fully saturated rings. The van der Waals surface area contributed by atoms with Crippen LogP contribution in [0.5, 0.6) is 0 Å². The van der Waals surface area contributed by atoms with Crippen molar-refractivity contribution in [3.8, 4) is 0 Å². The molecule has 0 radical (unpaired) electrons. The molecule has 0 bridgehead atoms. The number of aryl methyl sites for hydroxylation is 1. The summed E-state index contributed by atoms with van der Waals surface area (Å²) in [5, 5.41) is 8.25. The number of methoxy groups -OCH3 is 1. The Labute approximate surface area is 112 Å². The van der Waals surface area contributed by atoms with Gasteiger partial charge in [-0.15, -0.1) is 11.3 Å². The van der Waals surface area contributed by atoms with Crippen molar-refractivity contribution in [2.75, 3.05) is 12.4 Å². The van der Waals surface area contributed by atoms with Gasteiger partial charge >= 0.3 is 5.97 Å². The largest absolute Gasteiger partial charge is 0.469 e. The van der Waals surface area contributed by atoms with Gasteiger partial charge in [-0.25, -0.2) is 4.98 Å². The topological polar surface area (TPSA) is 94.3 Å². The summed E-state index contributed by atoms with van der Waals surface area (Å²) in [7, 11) is 1.31. The van der Waals surface area contributed by atoms with Crippen molar-refractivity contribution in [3.05, 3.63) is 28.6 Å². The molecule has 0 aliphatic carbocycles. The minimum Gasteiger partial charge on any atom is -0.469 e. The van der Waals surface area contributed by atoms with Crippen LogP contribution in [0.3, 0.4) is 0 Å². The minimum absolute atomic E-state index is 0.0737. The Morgan fingerprint density at radius 3 is 2.95 bits per heavy atom.